The Balaban J connectivity index is 1.58. The predicted octanol–water partition coefficient (Wildman–Crippen LogP) is 4.91. The van der Waals surface area contributed by atoms with Crippen LogP contribution in [0.2, 0.25) is 5.02 Å². The summed E-state index contributed by atoms with van der Waals surface area (Å²) in [5.74, 6) is 0.703. The van der Waals surface area contributed by atoms with Crippen LogP contribution < -0.4 is 14.8 Å². The molecule has 4 nitrogen and oxygen atoms in total. The van der Waals surface area contributed by atoms with E-state index in [0.29, 0.717) is 31.5 Å². The summed E-state index contributed by atoms with van der Waals surface area (Å²) in [7, 11) is 0. The number of rotatable bonds is 3. The maximum Gasteiger partial charge on any atom is 0.263 e. The molecule has 0 fully saturated rings. The second-order valence-corrected chi connectivity index (χ2v) is 7.12. The van der Waals surface area contributed by atoms with E-state index in [2.05, 4.69) is 5.32 Å². The minimum atomic E-state index is -0.355. The molecule has 0 radical (unpaired) electrons. The van der Waals surface area contributed by atoms with Gasteiger partial charge in [-0.05, 0) is 42.8 Å². The molecule has 1 aliphatic rings. The number of halogens is 2. The number of hydrogen-bond acceptors (Lipinski definition) is 4. The summed E-state index contributed by atoms with van der Waals surface area (Å²) >= 11 is 7.48. The lowest BCUT2D eigenvalue weighted by Crippen LogP contribution is -2.26. The Morgan fingerprint density at radius 1 is 1.24 bits per heavy atom. The van der Waals surface area contributed by atoms with Gasteiger partial charge in [-0.2, -0.15) is 0 Å². The molecule has 0 saturated heterocycles. The smallest absolute Gasteiger partial charge is 0.263 e. The van der Waals surface area contributed by atoms with Crippen LogP contribution in [-0.2, 0) is 0 Å². The molecule has 0 saturated carbocycles. The van der Waals surface area contributed by atoms with E-state index >= 15 is 0 Å². The standard InChI is InChI=1S/C18H13ClFNO3S/c1-9(10-2-5-13-14(6-10)24-8-23-13)21-18(22)17-16(19)12-4-3-11(20)7-15(12)25-17/h2-7,9H,8H2,1H3,(H,21,22). The van der Waals surface area contributed by atoms with Gasteiger partial charge in [-0.1, -0.05) is 17.7 Å². The molecule has 128 valence electrons. The van der Waals surface area contributed by atoms with Crippen molar-refractivity contribution in [3.8, 4) is 11.5 Å². The lowest BCUT2D eigenvalue weighted by molar-refractivity contribution is 0.0944. The second kappa shape index (κ2) is 6.20. The third-order valence-electron chi connectivity index (χ3n) is 4.04. The molecular weight excluding hydrogens is 365 g/mol. The van der Waals surface area contributed by atoms with Gasteiger partial charge in [-0.15, -0.1) is 11.3 Å². The molecule has 3 aromatic rings. The molecule has 0 spiro atoms. The highest BCUT2D eigenvalue weighted by Crippen LogP contribution is 2.37. The van der Waals surface area contributed by atoms with Crippen molar-refractivity contribution in [3.63, 3.8) is 0 Å². The molecule has 25 heavy (non-hydrogen) atoms. The fourth-order valence-corrected chi connectivity index (χ4v) is 4.16. The van der Waals surface area contributed by atoms with Crippen LogP contribution in [0.15, 0.2) is 36.4 Å². The first-order valence-electron chi connectivity index (χ1n) is 7.61. The zero-order valence-electron chi connectivity index (χ0n) is 13.1. The fraction of sp³-hybridized carbons (Fsp3) is 0.167. The molecule has 1 amide bonds. The maximum absolute atomic E-state index is 13.4. The molecule has 0 aliphatic carbocycles. The van der Waals surface area contributed by atoms with Crippen LogP contribution in [0, 0.1) is 5.82 Å². The van der Waals surface area contributed by atoms with E-state index in [1.54, 1.807) is 6.07 Å². The minimum absolute atomic E-state index is 0.202. The second-order valence-electron chi connectivity index (χ2n) is 5.69. The van der Waals surface area contributed by atoms with Gasteiger partial charge >= 0.3 is 0 Å². The molecule has 2 heterocycles. The van der Waals surface area contributed by atoms with Crippen LogP contribution in [0.5, 0.6) is 11.5 Å². The van der Waals surface area contributed by atoms with Gasteiger partial charge in [0.25, 0.3) is 5.91 Å². The normalized spacial score (nSPS) is 13.9. The first-order valence-corrected chi connectivity index (χ1v) is 8.80. The van der Waals surface area contributed by atoms with Crippen molar-refractivity contribution in [2.75, 3.05) is 6.79 Å². The van der Waals surface area contributed by atoms with Crippen molar-refractivity contribution >= 4 is 38.9 Å². The Bertz CT molecular complexity index is 988. The maximum atomic E-state index is 13.4. The van der Waals surface area contributed by atoms with Crippen molar-refractivity contribution in [3.05, 3.63) is 57.7 Å². The summed E-state index contributed by atoms with van der Waals surface area (Å²) in [6.45, 7) is 2.07. The molecule has 1 atom stereocenters. The van der Waals surface area contributed by atoms with Gasteiger partial charge in [0.2, 0.25) is 6.79 Å². The number of carbonyl (C=O) groups is 1. The van der Waals surface area contributed by atoms with E-state index in [1.165, 1.54) is 23.5 Å². The minimum Gasteiger partial charge on any atom is -0.454 e. The van der Waals surface area contributed by atoms with Gasteiger partial charge < -0.3 is 14.8 Å². The number of hydrogen-bond donors (Lipinski definition) is 1. The van der Waals surface area contributed by atoms with Crippen LogP contribution in [0.1, 0.15) is 28.2 Å². The van der Waals surface area contributed by atoms with Crippen molar-refractivity contribution < 1.29 is 18.7 Å². The highest BCUT2D eigenvalue weighted by Gasteiger charge is 2.21. The summed E-state index contributed by atoms with van der Waals surface area (Å²) in [4.78, 5) is 13.0. The monoisotopic (exact) mass is 377 g/mol. The fourth-order valence-electron chi connectivity index (χ4n) is 2.71. The number of carbonyl (C=O) groups excluding carboxylic acids is 1. The van der Waals surface area contributed by atoms with Gasteiger partial charge in [0, 0.05) is 10.1 Å². The van der Waals surface area contributed by atoms with Crippen LogP contribution in [0.4, 0.5) is 4.39 Å². The highest BCUT2D eigenvalue weighted by atomic mass is 35.5. The topological polar surface area (TPSA) is 47.6 Å². The van der Waals surface area contributed by atoms with Crippen LogP contribution in [0.25, 0.3) is 10.1 Å². The first-order chi connectivity index (χ1) is 12.0. The molecule has 1 unspecified atom stereocenters. The van der Waals surface area contributed by atoms with E-state index in [9.17, 15) is 9.18 Å². The zero-order chi connectivity index (χ0) is 17.6. The third kappa shape index (κ3) is 2.92. The largest absolute Gasteiger partial charge is 0.454 e. The summed E-state index contributed by atoms with van der Waals surface area (Å²) in [5, 5.41) is 3.93. The van der Waals surface area contributed by atoms with Crippen LogP contribution in [0.3, 0.4) is 0 Å². The first kappa shape index (κ1) is 16.2. The number of benzene rings is 2. The average Bonchev–Trinajstić information content (AvgIpc) is 3.18. The summed E-state index contributed by atoms with van der Waals surface area (Å²) in [6.07, 6.45) is 0. The van der Waals surface area contributed by atoms with Crippen molar-refractivity contribution in [2.45, 2.75) is 13.0 Å². The van der Waals surface area contributed by atoms with Crippen molar-refractivity contribution in [1.82, 2.24) is 5.32 Å². The molecule has 1 aromatic heterocycles. The van der Waals surface area contributed by atoms with E-state index in [1.807, 2.05) is 25.1 Å². The summed E-state index contributed by atoms with van der Waals surface area (Å²) in [6, 6.07) is 9.58. The van der Waals surface area contributed by atoms with Gasteiger partial charge in [-0.3, -0.25) is 4.79 Å². The average molecular weight is 378 g/mol. The van der Waals surface area contributed by atoms with Gasteiger partial charge in [0.15, 0.2) is 11.5 Å². The van der Waals surface area contributed by atoms with Crippen LogP contribution >= 0.6 is 22.9 Å². The van der Waals surface area contributed by atoms with E-state index < -0.39 is 0 Å². The summed E-state index contributed by atoms with van der Waals surface area (Å²) < 4.78 is 24.7. The molecule has 4 rings (SSSR count). The van der Waals surface area contributed by atoms with Gasteiger partial charge in [0.1, 0.15) is 10.7 Å². The molecule has 1 aliphatic heterocycles. The Hall–Kier alpha value is -2.31. The highest BCUT2D eigenvalue weighted by molar-refractivity contribution is 7.21. The summed E-state index contributed by atoms with van der Waals surface area (Å²) in [5.41, 5.74) is 0.890. The molecule has 1 N–H and O–H groups in total. The number of thiophene rings is 1. The Morgan fingerprint density at radius 3 is 2.88 bits per heavy atom. The number of fused-ring (bicyclic) bond motifs is 2. The predicted molar refractivity (Wildman–Crippen MR) is 95.2 cm³/mol. The SMILES string of the molecule is CC(NC(=O)c1sc2cc(F)ccc2c1Cl)c1ccc2c(c1)OCO2. The van der Waals surface area contributed by atoms with Gasteiger partial charge in [0.05, 0.1) is 11.1 Å². The quantitative estimate of drug-likeness (QED) is 0.705. The Kier molecular flexibility index (Phi) is 4.01. The molecule has 7 heteroatoms. The Morgan fingerprint density at radius 2 is 2.04 bits per heavy atom. The zero-order valence-corrected chi connectivity index (χ0v) is 14.7. The number of amides is 1. The lowest BCUT2D eigenvalue weighted by atomic mass is 10.1. The van der Waals surface area contributed by atoms with E-state index in [0.717, 1.165) is 5.56 Å². The van der Waals surface area contributed by atoms with Gasteiger partial charge in [-0.25, -0.2) is 4.39 Å². The molecule has 0 bridgehead atoms. The lowest BCUT2D eigenvalue weighted by Gasteiger charge is -2.14. The number of ether oxygens (including phenoxy) is 2. The molecular formula is C18H13ClFNO3S. The van der Waals surface area contributed by atoms with Crippen molar-refractivity contribution in [2.24, 2.45) is 0 Å². The third-order valence-corrected chi connectivity index (χ3v) is 5.70. The van der Waals surface area contributed by atoms with Crippen molar-refractivity contribution in [1.29, 1.82) is 0 Å². The van der Waals surface area contributed by atoms with E-state index in [4.69, 9.17) is 21.1 Å². The number of nitrogens with one attached hydrogen (secondary N) is 1. The molecule has 2 aromatic carbocycles. The Labute approximate surface area is 152 Å². The van der Waals surface area contributed by atoms with Crippen LogP contribution in [-0.4, -0.2) is 12.7 Å². The van der Waals surface area contributed by atoms with E-state index in [-0.39, 0.29) is 24.6 Å².